The van der Waals surface area contributed by atoms with Crippen molar-refractivity contribution in [1.82, 2.24) is 29.9 Å². The number of hydrogen-bond acceptors (Lipinski definition) is 4. The van der Waals surface area contributed by atoms with E-state index in [-0.39, 0.29) is 11.7 Å². The number of nitrogens with one attached hydrogen (secondary N) is 2. The number of aromatic nitrogens is 5. The Morgan fingerprint density at radius 2 is 2.03 bits per heavy atom. The fourth-order valence-corrected chi connectivity index (χ4v) is 4.10. The standard InChI is InChI=1S/C20H23FN6OS/c1-2-26-17(23-24-20(26)29)11-12-22-19(28)18-15-5-3-4-6-16(15)27(25-18)14-9-7-13(21)8-10-14/h7-10H,2-6,11-12H2,1H3,(H,22,28)(H,24,29). The molecule has 152 valence electrons. The molecule has 7 nitrogen and oxygen atoms in total. The molecule has 0 radical (unpaired) electrons. The first kappa shape index (κ1) is 19.5. The van der Waals surface area contributed by atoms with Gasteiger partial charge in [0.1, 0.15) is 11.6 Å². The maximum atomic E-state index is 13.3. The van der Waals surface area contributed by atoms with Gasteiger partial charge in [-0.25, -0.2) is 9.07 Å². The molecule has 0 bridgehead atoms. The van der Waals surface area contributed by atoms with Crippen molar-refractivity contribution >= 4 is 18.1 Å². The van der Waals surface area contributed by atoms with E-state index >= 15 is 0 Å². The number of fused-ring (bicyclic) bond motifs is 1. The van der Waals surface area contributed by atoms with Gasteiger partial charge in [0.15, 0.2) is 10.5 Å². The SMILES string of the molecule is CCn1c(CCNC(=O)c2nn(-c3ccc(F)cc3)c3c2CCCC3)n[nH]c1=S. The van der Waals surface area contributed by atoms with Gasteiger partial charge in [0, 0.05) is 30.8 Å². The first-order chi connectivity index (χ1) is 14.1. The Balaban J connectivity index is 1.53. The van der Waals surface area contributed by atoms with Gasteiger partial charge in [-0.15, -0.1) is 0 Å². The Bertz CT molecular complexity index is 1080. The van der Waals surface area contributed by atoms with Gasteiger partial charge in [-0.05, 0) is 69.1 Å². The zero-order valence-corrected chi connectivity index (χ0v) is 17.1. The molecule has 0 unspecified atom stereocenters. The van der Waals surface area contributed by atoms with Crippen LogP contribution in [-0.4, -0.2) is 37.0 Å². The smallest absolute Gasteiger partial charge is 0.272 e. The molecule has 2 heterocycles. The molecule has 29 heavy (non-hydrogen) atoms. The van der Waals surface area contributed by atoms with Crippen molar-refractivity contribution in [3.63, 3.8) is 0 Å². The molecule has 0 saturated carbocycles. The molecule has 0 fully saturated rings. The maximum Gasteiger partial charge on any atom is 0.272 e. The number of halogens is 1. The summed E-state index contributed by atoms with van der Waals surface area (Å²) in [6, 6.07) is 6.19. The van der Waals surface area contributed by atoms with Gasteiger partial charge in [0.05, 0.1) is 5.69 Å². The van der Waals surface area contributed by atoms with Gasteiger partial charge in [0.25, 0.3) is 5.91 Å². The predicted molar refractivity (Wildman–Crippen MR) is 109 cm³/mol. The van der Waals surface area contributed by atoms with Gasteiger partial charge >= 0.3 is 0 Å². The second kappa shape index (κ2) is 8.28. The van der Waals surface area contributed by atoms with Gasteiger partial charge in [0.2, 0.25) is 0 Å². The zero-order chi connectivity index (χ0) is 20.4. The summed E-state index contributed by atoms with van der Waals surface area (Å²) in [5, 5.41) is 14.6. The first-order valence-electron chi connectivity index (χ1n) is 9.87. The van der Waals surface area contributed by atoms with Crippen molar-refractivity contribution in [3.05, 3.63) is 57.6 Å². The quantitative estimate of drug-likeness (QED) is 0.608. The highest BCUT2D eigenvalue weighted by Gasteiger charge is 2.25. The molecule has 0 aliphatic heterocycles. The second-order valence-corrected chi connectivity index (χ2v) is 7.45. The number of amides is 1. The number of hydrogen-bond donors (Lipinski definition) is 2. The number of nitrogens with zero attached hydrogens (tertiary/aromatic N) is 4. The lowest BCUT2D eigenvalue weighted by Crippen LogP contribution is -2.28. The lowest BCUT2D eigenvalue weighted by atomic mass is 9.95. The summed E-state index contributed by atoms with van der Waals surface area (Å²) in [6.07, 6.45) is 4.36. The molecule has 0 spiro atoms. The normalized spacial score (nSPS) is 13.3. The Hall–Kier alpha value is -2.81. The molecule has 1 amide bonds. The van der Waals surface area contributed by atoms with E-state index in [4.69, 9.17) is 12.2 Å². The van der Waals surface area contributed by atoms with Crippen LogP contribution < -0.4 is 5.32 Å². The predicted octanol–water partition coefficient (Wildman–Crippen LogP) is 3.14. The van der Waals surface area contributed by atoms with Crippen LogP contribution in [0.25, 0.3) is 5.69 Å². The number of carbonyl (C=O) groups excluding carboxylic acids is 1. The molecule has 4 rings (SSSR count). The van der Waals surface area contributed by atoms with Gasteiger partial charge in [-0.1, -0.05) is 0 Å². The van der Waals surface area contributed by atoms with Gasteiger partial charge in [-0.2, -0.15) is 10.2 Å². The van der Waals surface area contributed by atoms with Crippen LogP contribution in [0.3, 0.4) is 0 Å². The minimum absolute atomic E-state index is 0.193. The maximum absolute atomic E-state index is 13.3. The van der Waals surface area contributed by atoms with E-state index in [0.29, 0.717) is 23.4 Å². The third-order valence-electron chi connectivity index (χ3n) is 5.25. The van der Waals surface area contributed by atoms with Crippen molar-refractivity contribution < 1.29 is 9.18 Å². The van der Waals surface area contributed by atoms with E-state index < -0.39 is 0 Å². The fraction of sp³-hybridized carbons (Fsp3) is 0.400. The topological polar surface area (TPSA) is 80.5 Å². The van der Waals surface area contributed by atoms with Crippen LogP contribution in [0.15, 0.2) is 24.3 Å². The monoisotopic (exact) mass is 414 g/mol. The van der Waals surface area contributed by atoms with Crippen molar-refractivity contribution in [2.75, 3.05) is 6.54 Å². The number of aromatic amines is 1. The Morgan fingerprint density at radius 3 is 2.79 bits per heavy atom. The second-order valence-electron chi connectivity index (χ2n) is 7.06. The van der Waals surface area contributed by atoms with E-state index in [0.717, 1.165) is 55.0 Å². The van der Waals surface area contributed by atoms with Crippen LogP contribution in [0.2, 0.25) is 0 Å². The Kier molecular flexibility index (Phi) is 5.57. The number of benzene rings is 1. The summed E-state index contributed by atoms with van der Waals surface area (Å²) in [7, 11) is 0. The van der Waals surface area contributed by atoms with E-state index in [1.54, 1.807) is 16.8 Å². The van der Waals surface area contributed by atoms with Crippen molar-refractivity contribution in [2.24, 2.45) is 0 Å². The first-order valence-corrected chi connectivity index (χ1v) is 10.3. The Morgan fingerprint density at radius 1 is 1.28 bits per heavy atom. The van der Waals surface area contributed by atoms with Crippen molar-refractivity contribution in [3.8, 4) is 5.69 Å². The minimum atomic E-state index is -0.294. The van der Waals surface area contributed by atoms with E-state index in [2.05, 4.69) is 20.6 Å². The number of carbonyl (C=O) groups is 1. The van der Waals surface area contributed by atoms with Crippen LogP contribution in [0.5, 0.6) is 0 Å². The third kappa shape index (κ3) is 3.87. The van der Waals surface area contributed by atoms with E-state index in [9.17, 15) is 9.18 Å². The summed E-state index contributed by atoms with van der Waals surface area (Å²) >= 11 is 5.20. The summed E-state index contributed by atoms with van der Waals surface area (Å²) in [4.78, 5) is 12.9. The van der Waals surface area contributed by atoms with Crippen LogP contribution in [-0.2, 0) is 25.8 Å². The van der Waals surface area contributed by atoms with Gasteiger partial charge < -0.3 is 9.88 Å². The zero-order valence-electron chi connectivity index (χ0n) is 16.2. The summed E-state index contributed by atoms with van der Waals surface area (Å²) in [5.74, 6) is 0.329. The summed E-state index contributed by atoms with van der Waals surface area (Å²) < 4.78 is 17.6. The summed E-state index contributed by atoms with van der Waals surface area (Å²) in [6.45, 7) is 3.17. The molecule has 3 aromatic rings. The lowest BCUT2D eigenvalue weighted by molar-refractivity contribution is 0.0947. The van der Waals surface area contributed by atoms with Crippen LogP contribution in [0.4, 0.5) is 4.39 Å². The van der Waals surface area contributed by atoms with Crippen LogP contribution in [0.1, 0.15) is 47.3 Å². The molecule has 0 atom stereocenters. The molecular formula is C20H23FN6OS. The molecule has 9 heteroatoms. The highest BCUT2D eigenvalue weighted by Crippen LogP contribution is 2.27. The fourth-order valence-electron chi connectivity index (χ4n) is 3.82. The molecule has 0 saturated heterocycles. The highest BCUT2D eigenvalue weighted by molar-refractivity contribution is 7.71. The number of rotatable bonds is 6. The average molecular weight is 415 g/mol. The summed E-state index contributed by atoms with van der Waals surface area (Å²) in [5.41, 5.74) is 3.26. The van der Waals surface area contributed by atoms with E-state index in [1.165, 1.54) is 12.1 Å². The molecule has 2 N–H and O–H groups in total. The minimum Gasteiger partial charge on any atom is -0.350 e. The third-order valence-corrected chi connectivity index (χ3v) is 5.57. The van der Waals surface area contributed by atoms with E-state index in [1.807, 2.05) is 11.5 Å². The average Bonchev–Trinajstić information content (AvgIpc) is 3.29. The van der Waals surface area contributed by atoms with Crippen molar-refractivity contribution in [1.29, 1.82) is 0 Å². The molecule has 1 aliphatic rings. The lowest BCUT2D eigenvalue weighted by Gasteiger charge is -2.14. The van der Waals surface area contributed by atoms with Crippen molar-refractivity contribution in [2.45, 2.75) is 45.6 Å². The van der Waals surface area contributed by atoms with Gasteiger partial charge in [-0.3, -0.25) is 9.89 Å². The molecule has 1 aromatic carbocycles. The largest absolute Gasteiger partial charge is 0.350 e. The molecular weight excluding hydrogens is 391 g/mol. The number of H-pyrrole nitrogens is 1. The molecule has 1 aliphatic carbocycles. The van der Waals surface area contributed by atoms with Crippen LogP contribution in [0, 0.1) is 10.6 Å². The highest BCUT2D eigenvalue weighted by atomic mass is 32.1. The Labute approximate surface area is 172 Å². The molecule has 2 aromatic heterocycles. The van der Waals surface area contributed by atoms with Crippen LogP contribution >= 0.6 is 12.2 Å².